The summed E-state index contributed by atoms with van der Waals surface area (Å²) >= 11 is 18.9. The summed E-state index contributed by atoms with van der Waals surface area (Å²) in [6.07, 6.45) is 2.87. The Kier molecular flexibility index (Phi) is 6.01. The summed E-state index contributed by atoms with van der Waals surface area (Å²) in [7, 11) is 0. The minimum atomic E-state index is 0.0799. The molecule has 2 aromatic rings. The monoisotopic (exact) mass is 432 g/mol. The molecule has 0 fully saturated rings. The molecule has 1 aliphatic heterocycles. The van der Waals surface area contributed by atoms with Crippen molar-refractivity contribution in [2.75, 3.05) is 11.4 Å². The van der Waals surface area contributed by atoms with Crippen LogP contribution < -0.4 is 4.90 Å². The highest BCUT2D eigenvalue weighted by Gasteiger charge is 2.35. The van der Waals surface area contributed by atoms with Gasteiger partial charge in [-0.25, -0.2) is 0 Å². The van der Waals surface area contributed by atoms with E-state index in [1.165, 1.54) is 11.3 Å². The molecular formula is C23H23Cl3N2. The van der Waals surface area contributed by atoms with Gasteiger partial charge in [0, 0.05) is 33.4 Å². The smallest absolute Gasteiger partial charge is 0.0998 e. The Morgan fingerprint density at radius 3 is 2.54 bits per heavy atom. The molecule has 1 aliphatic rings. The highest BCUT2D eigenvalue weighted by atomic mass is 35.5. The molecule has 1 unspecified atom stereocenters. The van der Waals surface area contributed by atoms with Crippen LogP contribution in [-0.4, -0.2) is 12.1 Å². The highest BCUT2D eigenvalue weighted by Crippen LogP contribution is 2.45. The van der Waals surface area contributed by atoms with Gasteiger partial charge in [0.2, 0.25) is 0 Å². The predicted octanol–water partition coefficient (Wildman–Crippen LogP) is 7.82. The van der Waals surface area contributed by atoms with Crippen LogP contribution in [0.2, 0.25) is 15.1 Å². The third-order valence-corrected chi connectivity index (χ3v) is 6.34. The number of nitrogens with zero attached hydrogens (tertiary/aromatic N) is 2. The zero-order valence-electron chi connectivity index (χ0n) is 16.5. The van der Waals surface area contributed by atoms with E-state index in [4.69, 9.17) is 34.8 Å². The number of halogens is 3. The molecule has 1 atom stereocenters. The summed E-state index contributed by atoms with van der Waals surface area (Å²) in [5.41, 5.74) is 4.45. The number of allylic oxidation sites excluding steroid dienone is 1. The SMILES string of the molecule is CCN1c2cc(Cl)c(/C=C(\C#N)c3ccc(Cl)cc3Cl)cc2C(C)CC1(C)C. The average molecular weight is 434 g/mol. The molecule has 5 heteroatoms. The number of benzene rings is 2. The van der Waals surface area contributed by atoms with E-state index in [-0.39, 0.29) is 5.54 Å². The van der Waals surface area contributed by atoms with Gasteiger partial charge in [0.25, 0.3) is 0 Å². The minimum absolute atomic E-state index is 0.0799. The normalized spacial score (nSPS) is 18.6. The van der Waals surface area contributed by atoms with Crippen LogP contribution in [0, 0.1) is 11.3 Å². The Labute approximate surface area is 182 Å². The minimum Gasteiger partial charge on any atom is -0.366 e. The molecule has 28 heavy (non-hydrogen) atoms. The Bertz CT molecular complexity index is 986. The van der Waals surface area contributed by atoms with Gasteiger partial charge in [0.1, 0.15) is 0 Å². The van der Waals surface area contributed by atoms with Gasteiger partial charge in [-0.15, -0.1) is 0 Å². The van der Waals surface area contributed by atoms with E-state index in [0.717, 1.165) is 18.5 Å². The molecule has 0 bridgehead atoms. The fourth-order valence-corrected chi connectivity index (χ4v) is 4.99. The van der Waals surface area contributed by atoms with Crippen LogP contribution in [-0.2, 0) is 0 Å². The second kappa shape index (κ2) is 7.99. The van der Waals surface area contributed by atoms with E-state index in [1.807, 2.05) is 6.07 Å². The molecular weight excluding hydrogens is 411 g/mol. The predicted molar refractivity (Wildman–Crippen MR) is 122 cm³/mol. The number of fused-ring (bicyclic) bond motifs is 1. The standard InChI is InChI=1S/C23H23Cl3N2/c1-5-28-22-11-20(25)15(9-19(22)14(2)12-23(28,3)4)8-16(13-27)18-7-6-17(24)10-21(18)26/h6-11,14H,5,12H2,1-4H3/b16-8+. The van der Waals surface area contributed by atoms with Crippen LogP contribution in [0.1, 0.15) is 56.7 Å². The first kappa shape index (κ1) is 21.1. The van der Waals surface area contributed by atoms with E-state index in [0.29, 0.717) is 32.1 Å². The number of rotatable bonds is 3. The lowest BCUT2D eigenvalue weighted by molar-refractivity contribution is 0.381. The van der Waals surface area contributed by atoms with Crippen molar-refractivity contribution in [3.63, 3.8) is 0 Å². The molecule has 0 spiro atoms. The molecule has 0 radical (unpaired) electrons. The van der Waals surface area contributed by atoms with Gasteiger partial charge >= 0.3 is 0 Å². The average Bonchev–Trinajstić information content (AvgIpc) is 2.60. The fourth-order valence-electron chi connectivity index (χ4n) is 4.26. The van der Waals surface area contributed by atoms with Crippen molar-refractivity contribution in [3.8, 4) is 6.07 Å². The Hall–Kier alpha value is -1.66. The first-order valence-corrected chi connectivity index (χ1v) is 10.5. The maximum atomic E-state index is 9.70. The van der Waals surface area contributed by atoms with Gasteiger partial charge in [-0.05, 0) is 74.6 Å². The molecule has 3 rings (SSSR count). The van der Waals surface area contributed by atoms with E-state index >= 15 is 0 Å². The fraction of sp³-hybridized carbons (Fsp3) is 0.348. The van der Waals surface area contributed by atoms with Crippen LogP contribution in [0.5, 0.6) is 0 Å². The van der Waals surface area contributed by atoms with Crippen molar-refractivity contribution in [2.24, 2.45) is 0 Å². The quantitative estimate of drug-likeness (QED) is 0.364. The lowest BCUT2D eigenvalue weighted by Gasteiger charge is -2.47. The summed E-state index contributed by atoms with van der Waals surface area (Å²) in [5, 5.41) is 11.3. The summed E-state index contributed by atoms with van der Waals surface area (Å²) in [6.45, 7) is 9.87. The molecule has 1 heterocycles. The van der Waals surface area contributed by atoms with Gasteiger partial charge in [-0.2, -0.15) is 5.26 Å². The van der Waals surface area contributed by atoms with Gasteiger partial charge in [0.15, 0.2) is 0 Å². The molecule has 0 N–H and O–H groups in total. The third kappa shape index (κ3) is 3.90. The number of nitriles is 1. The summed E-state index contributed by atoms with van der Waals surface area (Å²) in [5.74, 6) is 0.405. The second-order valence-electron chi connectivity index (χ2n) is 7.89. The summed E-state index contributed by atoms with van der Waals surface area (Å²) < 4.78 is 0. The number of anilines is 1. The topological polar surface area (TPSA) is 27.0 Å². The lowest BCUT2D eigenvalue weighted by atomic mass is 9.79. The Morgan fingerprint density at radius 1 is 1.21 bits per heavy atom. The highest BCUT2D eigenvalue weighted by molar-refractivity contribution is 6.36. The molecule has 0 aromatic heterocycles. The van der Waals surface area contributed by atoms with Crippen molar-refractivity contribution in [1.29, 1.82) is 5.26 Å². The van der Waals surface area contributed by atoms with Crippen molar-refractivity contribution in [3.05, 3.63) is 62.1 Å². The number of hydrogen-bond acceptors (Lipinski definition) is 2. The van der Waals surface area contributed by atoms with Crippen LogP contribution in [0.15, 0.2) is 30.3 Å². The molecule has 0 aliphatic carbocycles. The van der Waals surface area contributed by atoms with Gasteiger partial charge in [-0.1, -0.05) is 47.8 Å². The van der Waals surface area contributed by atoms with Crippen molar-refractivity contribution in [1.82, 2.24) is 0 Å². The molecule has 2 aromatic carbocycles. The van der Waals surface area contributed by atoms with Crippen LogP contribution in [0.4, 0.5) is 5.69 Å². The van der Waals surface area contributed by atoms with Crippen LogP contribution in [0.3, 0.4) is 0 Å². The third-order valence-electron chi connectivity index (χ3n) is 5.46. The maximum Gasteiger partial charge on any atom is 0.0998 e. The summed E-state index contributed by atoms with van der Waals surface area (Å²) in [4.78, 5) is 2.41. The van der Waals surface area contributed by atoms with Gasteiger partial charge in [-0.3, -0.25) is 0 Å². The van der Waals surface area contributed by atoms with E-state index in [9.17, 15) is 5.26 Å². The zero-order valence-corrected chi connectivity index (χ0v) is 18.8. The van der Waals surface area contributed by atoms with Gasteiger partial charge in [0.05, 0.1) is 16.7 Å². The maximum absolute atomic E-state index is 9.70. The van der Waals surface area contributed by atoms with Crippen molar-refractivity contribution >= 4 is 52.1 Å². The molecule has 0 amide bonds. The number of hydrogen-bond donors (Lipinski definition) is 0. The van der Waals surface area contributed by atoms with E-state index in [1.54, 1.807) is 24.3 Å². The molecule has 0 saturated heterocycles. The van der Waals surface area contributed by atoms with Crippen molar-refractivity contribution < 1.29 is 0 Å². The first-order valence-electron chi connectivity index (χ1n) is 9.36. The molecule has 0 saturated carbocycles. The first-order chi connectivity index (χ1) is 13.2. The summed E-state index contributed by atoms with van der Waals surface area (Å²) in [6, 6.07) is 11.5. The second-order valence-corrected chi connectivity index (χ2v) is 9.14. The Balaban J connectivity index is 2.13. The zero-order chi connectivity index (χ0) is 20.6. The largest absolute Gasteiger partial charge is 0.366 e. The van der Waals surface area contributed by atoms with Crippen molar-refractivity contribution in [2.45, 2.75) is 45.6 Å². The van der Waals surface area contributed by atoms with Gasteiger partial charge < -0.3 is 4.90 Å². The molecule has 146 valence electrons. The van der Waals surface area contributed by atoms with E-state index < -0.39 is 0 Å². The molecule has 2 nitrogen and oxygen atoms in total. The Morgan fingerprint density at radius 2 is 1.93 bits per heavy atom. The van der Waals surface area contributed by atoms with E-state index in [2.05, 4.69) is 44.7 Å². The van der Waals surface area contributed by atoms with Crippen LogP contribution >= 0.6 is 34.8 Å². The van der Waals surface area contributed by atoms with Crippen LogP contribution in [0.25, 0.3) is 11.6 Å². The lowest BCUT2D eigenvalue weighted by Crippen LogP contribution is -2.48.